The zero-order chi connectivity index (χ0) is 14.7. The predicted octanol–water partition coefficient (Wildman–Crippen LogP) is 2.41. The van der Waals surface area contributed by atoms with E-state index >= 15 is 0 Å². The van der Waals surface area contributed by atoms with Gasteiger partial charge in [0.25, 0.3) is 5.91 Å². The van der Waals surface area contributed by atoms with Crippen LogP contribution in [0.4, 0.5) is 5.95 Å². The molecule has 104 valence electrons. The molecule has 2 rings (SSSR count). The first-order chi connectivity index (χ1) is 9.54. The Labute approximate surface area is 118 Å². The molecule has 1 aromatic heterocycles. The molecule has 20 heavy (non-hydrogen) atoms. The topological polar surface area (TPSA) is 80.9 Å². The summed E-state index contributed by atoms with van der Waals surface area (Å²) >= 11 is 0. The van der Waals surface area contributed by atoms with E-state index in [0.29, 0.717) is 22.9 Å². The quantitative estimate of drug-likeness (QED) is 0.894. The Balaban J connectivity index is 2.77. The van der Waals surface area contributed by atoms with Gasteiger partial charge in [0.05, 0.1) is 17.0 Å². The second-order valence-corrected chi connectivity index (χ2v) is 4.79. The highest BCUT2D eigenvalue weighted by Gasteiger charge is 2.21. The van der Waals surface area contributed by atoms with Crippen molar-refractivity contribution >= 4 is 11.9 Å². The van der Waals surface area contributed by atoms with Gasteiger partial charge in [-0.05, 0) is 5.92 Å². The Morgan fingerprint density at radius 2 is 1.85 bits per heavy atom. The van der Waals surface area contributed by atoms with Crippen molar-refractivity contribution in [3.8, 4) is 11.3 Å². The molecule has 0 aliphatic carbocycles. The van der Waals surface area contributed by atoms with Crippen LogP contribution in [0.3, 0.4) is 0 Å². The number of amides is 1. The third-order valence-corrected chi connectivity index (χ3v) is 3.00. The first-order valence-corrected chi connectivity index (χ1v) is 6.49. The molecule has 5 nitrogen and oxygen atoms in total. The minimum Gasteiger partial charge on any atom is -0.365 e. The number of aromatic nitrogens is 2. The van der Waals surface area contributed by atoms with Crippen molar-refractivity contribution in [2.45, 2.75) is 19.8 Å². The second kappa shape index (κ2) is 5.69. The average Bonchev–Trinajstić information content (AvgIpc) is 2.46. The Kier molecular flexibility index (Phi) is 3.98. The molecule has 0 saturated heterocycles. The highest BCUT2D eigenvalue weighted by atomic mass is 16.1. The van der Waals surface area contributed by atoms with Crippen LogP contribution in [0.25, 0.3) is 11.3 Å². The van der Waals surface area contributed by atoms with Crippen LogP contribution >= 0.6 is 0 Å². The molecule has 0 spiro atoms. The van der Waals surface area contributed by atoms with E-state index in [1.165, 1.54) is 0 Å². The van der Waals surface area contributed by atoms with Crippen molar-refractivity contribution in [3.05, 3.63) is 41.6 Å². The maximum absolute atomic E-state index is 11.8. The fourth-order valence-electron chi connectivity index (χ4n) is 2.06. The van der Waals surface area contributed by atoms with Crippen LogP contribution in [-0.4, -0.2) is 22.9 Å². The van der Waals surface area contributed by atoms with Gasteiger partial charge in [-0.1, -0.05) is 44.2 Å². The van der Waals surface area contributed by atoms with Crippen molar-refractivity contribution < 1.29 is 4.79 Å². The van der Waals surface area contributed by atoms with Crippen LogP contribution in [0.2, 0.25) is 0 Å². The number of benzene rings is 1. The van der Waals surface area contributed by atoms with Gasteiger partial charge >= 0.3 is 0 Å². The number of carbonyl (C=O) groups excluding carboxylic acids is 1. The minimum absolute atomic E-state index is 0.0788. The van der Waals surface area contributed by atoms with Gasteiger partial charge in [0.15, 0.2) is 0 Å². The SMILES string of the molecule is CNc1nc(-c2ccccc2)c(C(N)=O)c(C(C)C)n1. The maximum Gasteiger partial charge on any atom is 0.252 e. The van der Waals surface area contributed by atoms with Gasteiger partial charge in [0.2, 0.25) is 5.95 Å². The van der Waals surface area contributed by atoms with Gasteiger partial charge < -0.3 is 11.1 Å². The monoisotopic (exact) mass is 270 g/mol. The van der Waals surface area contributed by atoms with Crippen LogP contribution in [0.15, 0.2) is 30.3 Å². The number of primary amides is 1. The van der Waals surface area contributed by atoms with E-state index in [2.05, 4.69) is 15.3 Å². The summed E-state index contributed by atoms with van der Waals surface area (Å²) in [6, 6.07) is 9.51. The highest BCUT2D eigenvalue weighted by Crippen LogP contribution is 2.28. The lowest BCUT2D eigenvalue weighted by atomic mass is 9.98. The van der Waals surface area contributed by atoms with Gasteiger partial charge in [-0.2, -0.15) is 0 Å². The fraction of sp³-hybridized carbons (Fsp3) is 0.267. The van der Waals surface area contributed by atoms with Gasteiger partial charge in [-0.3, -0.25) is 4.79 Å². The molecule has 0 aliphatic heterocycles. The maximum atomic E-state index is 11.8. The number of hydrogen-bond acceptors (Lipinski definition) is 4. The third kappa shape index (κ3) is 2.61. The lowest BCUT2D eigenvalue weighted by Gasteiger charge is -2.15. The molecule has 1 aromatic carbocycles. The van der Waals surface area contributed by atoms with Crippen molar-refractivity contribution in [1.29, 1.82) is 0 Å². The van der Waals surface area contributed by atoms with Gasteiger partial charge in [-0.25, -0.2) is 9.97 Å². The summed E-state index contributed by atoms with van der Waals surface area (Å²) in [4.78, 5) is 20.6. The molecule has 2 aromatic rings. The average molecular weight is 270 g/mol. The van der Waals surface area contributed by atoms with E-state index in [1.54, 1.807) is 7.05 Å². The van der Waals surface area contributed by atoms with Crippen molar-refractivity contribution in [2.75, 3.05) is 12.4 Å². The summed E-state index contributed by atoms with van der Waals surface area (Å²) in [6.45, 7) is 3.95. The fourth-order valence-corrected chi connectivity index (χ4v) is 2.06. The van der Waals surface area contributed by atoms with E-state index in [4.69, 9.17) is 5.73 Å². The zero-order valence-electron chi connectivity index (χ0n) is 11.8. The molecule has 0 radical (unpaired) electrons. The summed E-state index contributed by atoms with van der Waals surface area (Å²) in [5.74, 6) is 0.0582. The van der Waals surface area contributed by atoms with Crippen molar-refractivity contribution in [1.82, 2.24) is 9.97 Å². The number of carbonyl (C=O) groups is 1. The molecule has 0 fully saturated rings. The summed E-state index contributed by atoms with van der Waals surface area (Å²) in [7, 11) is 1.75. The van der Waals surface area contributed by atoms with E-state index in [9.17, 15) is 4.79 Å². The summed E-state index contributed by atoms with van der Waals surface area (Å²) in [5, 5.41) is 2.92. The van der Waals surface area contributed by atoms with Gasteiger partial charge in [-0.15, -0.1) is 0 Å². The first-order valence-electron chi connectivity index (χ1n) is 6.49. The number of nitrogens with one attached hydrogen (secondary N) is 1. The lowest BCUT2D eigenvalue weighted by molar-refractivity contribution is 0.0999. The Morgan fingerprint density at radius 1 is 1.20 bits per heavy atom. The van der Waals surface area contributed by atoms with Crippen LogP contribution in [0, 0.1) is 0 Å². The number of nitrogens with zero attached hydrogens (tertiary/aromatic N) is 2. The predicted molar refractivity (Wildman–Crippen MR) is 79.6 cm³/mol. The van der Waals surface area contributed by atoms with Crippen LogP contribution < -0.4 is 11.1 Å². The van der Waals surface area contributed by atoms with E-state index in [-0.39, 0.29) is 5.92 Å². The molecule has 5 heteroatoms. The minimum atomic E-state index is -0.504. The molecule has 1 heterocycles. The number of nitrogens with two attached hydrogens (primary N) is 1. The third-order valence-electron chi connectivity index (χ3n) is 3.00. The molecule has 0 unspecified atom stereocenters. The smallest absolute Gasteiger partial charge is 0.252 e. The number of anilines is 1. The van der Waals surface area contributed by atoms with Gasteiger partial charge in [0.1, 0.15) is 0 Å². The van der Waals surface area contributed by atoms with E-state index in [0.717, 1.165) is 5.56 Å². The Hall–Kier alpha value is -2.43. The molecule has 0 bridgehead atoms. The van der Waals surface area contributed by atoms with Crippen LogP contribution in [0.1, 0.15) is 35.8 Å². The largest absolute Gasteiger partial charge is 0.365 e. The number of rotatable bonds is 4. The molecule has 0 aliphatic rings. The summed E-state index contributed by atoms with van der Waals surface area (Å²) < 4.78 is 0. The van der Waals surface area contributed by atoms with Crippen LogP contribution in [-0.2, 0) is 0 Å². The molecular formula is C15H18N4O. The van der Waals surface area contributed by atoms with Gasteiger partial charge in [0, 0.05) is 12.6 Å². The summed E-state index contributed by atoms with van der Waals surface area (Å²) in [5.41, 5.74) is 8.02. The van der Waals surface area contributed by atoms with Crippen LogP contribution in [0.5, 0.6) is 0 Å². The Morgan fingerprint density at radius 3 is 2.35 bits per heavy atom. The van der Waals surface area contributed by atoms with E-state index in [1.807, 2.05) is 44.2 Å². The van der Waals surface area contributed by atoms with Crippen molar-refractivity contribution in [3.63, 3.8) is 0 Å². The Bertz CT molecular complexity index is 623. The molecule has 1 amide bonds. The normalized spacial score (nSPS) is 10.6. The highest BCUT2D eigenvalue weighted by molar-refractivity contribution is 6.00. The second-order valence-electron chi connectivity index (χ2n) is 4.79. The molecule has 0 saturated carbocycles. The number of hydrogen-bond donors (Lipinski definition) is 2. The van der Waals surface area contributed by atoms with Crippen molar-refractivity contribution in [2.24, 2.45) is 5.73 Å². The van der Waals surface area contributed by atoms with E-state index < -0.39 is 5.91 Å². The lowest BCUT2D eigenvalue weighted by Crippen LogP contribution is -2.19. The zero-order valence-corrected chi connectivity index (χ0v) is 11.8. The molecular weight excluding hydrogens is 252 g/mol. The molecule has 3 N–H and O–H groups in total. The first kappa shape index (κ1) is 14.0. The molecule has 0 atom stereocenters. The standard InChI is InChI=1S/C15H18N4O/c1-9(2)12-11(14(16)20)13(19-15(17-3)18-12)10-7-5-4-6-8-10/h4-9H,1-3H3,(H2,16,20)(H,17,18,19). The summed E-state index contributed by atoms with van der Waals surface area (Å²) in [6.07, 6.45) is 0.